The lowest BCUT2D eigenvalue weighted by molar-refractivity contribution is 0.0523. The second-order valence-corrected chi connectivity index (χ2v) is 7.74. The minimum atomic E-state index is -0.486. The molecule has 0 bridgehead atoms. The first-order valence-corrected chi connectivity index (χ1v) is 9.22. The van der Waals surface area contributed by atoms with Gasteiger partial charge in [-0.3, -0.25) is 4.79 Å². The number of aromatic nitrogens is 1. The molecule has 0 spiro atoms. The smallest absolute Gasteiger partial charge is 0.340 e. The molecule has 5 heteroatoms. The molecule has 26 heavy (non-hydrogen) atoms. The lowest BCUT2D eigenvalue weighted by Crippen LogP contribution is -2.31. The molecular weight excluding hydrogens is 330 g/mol. The van der Waals surface area contributed by atoms with Crippen molar-refractivity contribution in [3.63, 3.8) is 0 Å². The molecule has 1 heterocycles. The summed E-state index contributed by atoms with van der Waals surface area (Å²) in [5.41, 5.74) is 2.53. The van der Waals surface area contributed by atoms with Gasteiger partial charge < -0.3 is 9.47 Å². The van der Waals surface area contributed by atoms with E-state index in [4.69, 9.17) is 9.47 Å². The average Bonchev–Trinajstić information content (AvgIpc) is 2.52. The molecule has 1 aliphatic rings. The van der Waals surface area contributed by atoms with Crippen molar-refractivity contribution in [2.45, 2.75) is 60.3 Å². The zero-order chi connectivity index (χ0) is 19.6. The van der Waals surface area contributed by atoms with Gasteiger partial charge in [-0.1, -0.05) is 34.3 Å². The number of rotatable bonds is 6. The quantitative estimate of drug-likeness (QED) is 0.551. The highest BCUT2D eigenvalue weighted by atomic mass is 16.5. The lowest BCUT2D eigenvalue weighted by Gasteiger charge is -2.32. The molecule has 1 aromatic heterocycles. The molecule has 2 rings (SSSR count). The number of ether oxygens (including phenoxy) is 2. The molecule has 0 saturated carbocycles. The Labute approximate surface area is 155 Å². The zero-order valence-electron chi connectivity index (χ0n) is 16.7. The average molecular weight is 359 g/mol. The van der Waals surface area contributed by atoms with E-state index in [2.05, 4.69) is 25.4 Å². The normalized spacial score (nSPS) is 15.6. The first-order valence-electron chi connectivity index (χ1n) is 9.22. The third-order valence-electron chi connectivity index (χ3n) is 4.51. The van der Waals surface area contributed by atoms with E-state index in [9.17, 15) is 9.59 Å². The summed E-state index contributed by atoms with van der Waals surface area (Å²) in [5.74, 6) is -0.160. The number of Topliss-reactive ketones (excluding diaryl/α,β-unsaturated/α-hetero) is 1. The van der Waals surface area contributed by atoms with Crippen LogP contribution in [0.15, 0.2) is 6.58 Å². The van der Waals surface area contributed by atoms with E-state index in [1.807, 2.05) is 20.8 Å². The second kappa shape index (κ2) is 7.60. The van der Waals surface area contributed by atoms with Crippen molar-refractivity contribution in [2.75, 3.05) is 13.2 Å². The molecule has 0 radical (unpaired) electrons. The van der Waals surface area contributed by atoms with Crippen LogP contribution in [-0.4, -0.2) is 30.0 Å². The number of carbonyl (C=O) groups is 2. The fourth-order valence-electron chi connectivity index (χ4n) is 3.56. The Morgan fingerprint density at radius 3 is 2.35 bits per heavy atom. The van der Waals surface area contributed by atoms with Crippen molar-refractivity contribution < 1.29 is 19.1 Å². The third kappa shape index (κ3) is 3.81. The molecule has 0 fully saturated rings. The number of esters is 1. The van der Waals surface area contributed by atoms with Crippen LogP contribution < -0.4 is 0 Å². The lowest BCUT2D eigenvalue weighted by atomic mass is 9.72. The van der Waals surface area contributed by atoms with Gasteiger partial charge in [-0.15, -0.1) is 0 Å². The van der Waals surface area contributed by atoms with Crippen LogP contribution in [-0.2, 0) is 15.9 Å². The van der Waals surface area contributed by atoms with Crippen LogP contribution in [0.1, 0.15) is 91.5 Å². The highest BCUT2D eigenvalue weighted by Crippen LogP contribution is 2.40. The first-order chi connectivity index (χ1) is 12.1. The van der Waals surface area contributed by atoms with Crippen molar-refractivity contribution in [3.05, 3.63) is 34.7 Å². The molecule has 0 unspecified atom stereocenters. The van der Waals surface area contributed by atoms with Crippen molar-refractivity contribution in [1.29, 1.82) is 0 Å². The number of hydrogen-bond acceptors (Lipinski definition) is 5. The Hall–Kier alpha value is -2.17. The van der Waals surface area contributed by atoms with Crippen LogP contribution in [0.4, 0.5) is 0 Å². The summed E-state index contributed by atoms with van der Waals surface area (Å²) in [7, 11) is 0. The van der Waals surface area contributed by atoms with E-state index in [0.29, 0.717) is 47.6 Å². The van der Waals surface area contributed by atoms with Gasteiger partial charge in [-0.05, 0) is 37.2 Å². The van der Waals surface area contributed by atoms with E-state index < -0.39 is 5.97 Å². The first kappa shape index (κ1) is 20.1. The van der Waals surface area contributed by atoms with Crippen LogP contribution >= 0.6 is 0 Å². The molecular formula is C21H29NO4. The molecule has 0 aliphatic heterocycles. The topological polar surface area (TPSA) is 65.5 Å². The Morgan fingerprint density at radius 1 is 1.19 bits per heavy atom. The summed E-state index contributed by atoms with van der Waals surface area (Å²) in [6.07, 6.45) is 1.11. The number of hydrogen-bond donors (Lipinski definition) is 0. The van der Waals surface area contributed by atoms with Gasteiger partial charge in [0.15, 0.2) is 5.78 Å². The summed E-state index contributed by atoms with van der Waals surface area (Å²) in [4.78, 5) is 30.3. The second-order valence-electron chi connectivity index (χ2n) is 7.74. The highest BCUT2D eigenvalue weighted by Gasteiger charge is 2.38. The minimum absolute atomic E-state index is 0.0339. The van der Waals surface area contributed by atoms with Gasteiger partial charge in [-0.2, -0.15) is 0 Å². The standard InChI is InChI=1S/C21H29NO4/c1-8-25-13(5)19-18(20(24)26-9-2)16(12(3)4)17-14(22-19)10-21(6,7)11-15(17)23/h12H,5,8-11H2,1-4,6-7H3. The molecule has 0 saturated heterocycles. The highest BCUT2D eigenvalue weighted by molar-refractivity contribution is 6.05. The maximum atomic E-state index is 12.9. The fourth-order valence-corrected chi connectivity index (χ4v) is 3.56. The number of carbonyl (C=O) groups excluding carboxylic acids is 2. The third-order valence-corrected chi connectivity index (χ3v) is 4.51. The maximum Gasteiger partial charge on any atom is 0.340 e. The van der Waals surface area contributed by atoms with Gasteiger partial charge in [0.05, 0.1) is 24.5 Å². The zero-order valence-corrected chi connectivity index (χ0v) is 16.7. The monoisotopic (exact) mass is 359 g/mol. The Bertz CT molecular complexity index is 747. The van der Waals surface area contributed by atoms with E-state index >= 15 is 0 Å². The van der Waals surface area contributed by atoms with Crippen LogP contribution in [0.5, 0.6) is 0 Å². The number of nitrogens with zero attached hydrogens (tertiary/aromatic N) is 1. The molecule has 0 aromatic carbocycles. The van der Waals surface area contributed by atoms with Gasteiger partial charge in [0.2, 0.25) is 0 Å². The fraction of sp³-hybridized carbons (Fsp3) is 0.571. The SMILES string of the molecule is C=C(OCC)c1nc2c(c(C(C)C)c1C(=O)OCC)C(=O)CC(C)(C)C2. The Balaban J connectivity index is 2.83. The van der Waals surface area contributed by atoms with Crippen LogP contribution in [0.3, 0.4) is 0 Å². The summed E-state index contributed by atoms with van der Waals surface area (Å²) < 4.78 is 10.8. The summed E-state index contributed by atoms with van der Waals surface area (Å²) in [6, 6.07) is 0. The number of pyridine rings is 1. The Morgan fingerprint density at radius 2 is 1.81 bits per heavy atom. The molecule has 0 amide bonds. The minimum Gasteiger partial charge on any atom is -0.492 e. The van der Waals surface area contributed by atoms with Crippen molar-refractivity contribution in [3.8, 4) is 0 Å². The molecule has 0 N–H and O–H groups in total. The largest absolute Gasteiger partial charge is 0.492 e. The van der Waals surface area contributed by atoms with Crippen LogP contribution in [0, 0.1) is 5.41 Å². The van der Waals surface area contributed by atoms with E-state index in [-0.39, 0.29) is 23.7 Å². The predicted octanol–water partition coefficient (Wildman–Crippen LogP) is 4.54. The van der Waals surface area contributed by atoms with Crippen molar-refractivity contribution in [2.24, 2.45) is 5.41 Å². The van der Waals surface area contributed by atoms with Gasteiger partial charge in [0.25, 0.3) is 0 Å². The summed E-state index contributed by atoms with van der Waals surface area (Å²) in [5, 5.41) is 0. The summed E-state index contributed by atoms with van der Waals surface area (Å²) >= 11 is 0. The molecule has 5 nitrogen and oxygen atoms in total. The van der Waals surface area contributed by atoms with E-state index in [1.165, 1.54) is 0 Å². The number of fused-ring (bicyclic) bond motifs is 1. The Kier molecular flexibility index (Phi) is 5.89. The van der Waals surface area contributed by atoms with E-state index in [1.54, 1.807) is 6.92 Å². The summed E-state index contributed by atoms with van der Waals surface area (Å²) in [6.45, 7) is 16.3. The van der Waals surface area contributed by atoms with Crippen LogP contribution in [0.25, 0.3) is 5.76 Å². The van der Waals surface area contributed by atoms with Crippen molar-refractivity contribution >= 4 is 17.5 Å². The van der Waals surface area contributed by atoms with E-state index in [0.717, 1.165) is 5.69 Å². The molecule has 142 valence electrons. The van der Waals surface area contributed by atoms with Crippen molar-refractivity contribution in [1.82, 2.24) is 4.98 Å². The van der Waals surface area contributed by atoms with Gasteiger partial charge in [0, 0.05) is 12.0 Å². The molecule has 0 atom stereocenters. The maximum absolute atomic E-state index is 12.9. The van der Waals surface area contributed by atoms with Gasteiger partial charge in [-0.25, -0.2) is 9.78 Å². The van der Waals surface area contributed by atoms with Gasteiger partial charge >= 0.3 is 5.97 Å². The molecule has 1 aliphatic carbocycles. The molecule has 1 aromatic rings. The van der Waals surface area contributed by atoms with Crippen LogP contribution in [0.2, 0.25) is 0 Å². The number of ketones is 1. The predicted molar refractivity (Wildman–Crippen MR) is 101 cm³/mol. The van der Waals surface area contributed by atoms with Gasteiger partial charge in [0.1, 0.15) is 11.5 Å².